The molecule has 0 spiro atoms. The van der Waals surface area contributed by atoms with E-state index in [1.807, 2.05) is 0 Å². The molecule has 0 saturated heterocycles. The van der Waals surface area contributed by atoms with Gasteiger partial charge in [-0.25, -0.2) is 0 Å². The number of benzene rings is 2. The third-order valence-electron chi connectivity index (χ3n) is 7.30. The van der Waals surface area contributed by atoms with Crippen molar-refractivity contribution in [3.63, 3.8) is 0 Å². The Kier molecular flexibility index (Phi) is 7.98. The molecule has 0 amide bonds. The van der Waals surface area contributed by atoms with E-state index in [1.165, 1.54) is 12.7 Å². The summed E-state index contributed by atoms with van der Waals surface area (Å²) in [5, 5.41) is -1.60. The van der Waals surface area contributed by atoms with Gasteiger partial charge in [0.25, 0.3) is 0 Å². The summed E-state index contributed by atoms with van der Waals surface area (Å²) in [5.41, 5.74) is -4.77. The molecule has 3 nitrogen and oxygen atoms in total. The van der Waals surface area contributed by atoms with Crippen LogP contribution in [0.5, 0.6) is 0 Å². The molecular formula is C28H41F8N3Si3. The first kappa shape index (κ1) is 34.5. The Labute approximate surface area is 245 Å². The maximum atomic E-state index is 20.1. The maximum absolute atomic E-state index is 20.1. The molecule has 0 radical (unpaired) electrons. The van der Waals surface area contributed by atoms with E-state index in [-0.39, 0.29) is 5.84 Å². The molecule has 0 unspecified atom stereocenters. The molecule has 3 rings (SSSR count). The zero-order valence-electron chi connectivity index (χ0n) is 26.3. The molecule has 1 heterocycles. The van der Waals surface area contributed by atoms with Crippen molar-refractivity contribution in [1.82, 2.24) is 8.46 Å². The van der Waals surface area contributed by atoms with Crippen molar-refractivity contribution in [1.29, 1.82) is 0 Å². The molecule has 42 heavy (non-hydrogen) atoms. The van der Waals surface area contributed by atoms with Gasteiger partial charge in [0.2, 0.25) is 0 Å². The summed E-state index contributed by atoms with van der Waals surface area (Å²) in [6, 6.07) is 8.51. The third kappa shape index (κ3) is 4.80. The monoisotopic (exact) mass is 655 g/mol. The minimum absolute atomic E-state index is 0.229. The van der Waals surface area contributed by atoms with Crippen LogP contribution >= 0.6 is 0 Å². The van der Waals surface area contributed by atoms with Crippen molar-refractivity contribution in [3.05, 3.63) is 64.7 Å². The van der Waals surface area contributed by atoms with Crippen LogP contribution < -0.4 is 5.19 Å². The van der Waals surface area contributed by atoms with Gasteiger partial charge in [0, 0.05) is 0 Å². The molecule has 0 N–H and O–H groups in total. The van der Waals surface area contributed by atoms with Gasteiger partial charge in [-0.1, -0.05) is 0 Å². The second kappa shape index (κ2) is 9.73. The molecule has 0 bridgehead atoms. The molecule has 0 atom stereocenters. The predicted octanol–water partition coefficient (Wildman–Crippen LogP) is 8.17. The average molecular weight is 656 g/mol. The van der Waals surface area contributed by atoms with E-state index >= 15 is 21.7 Å². The number of nitrogens with zero attached hydrogens (tertiary/aromatic N) is 3. The van der Waals surface area contributed by atoms with Crippen molar-refractivity contribution in [3.8, 4) is 0 Å². The van der Waals surface area contributed by atoms with E-state index in [0.717, 1.165) is 0 Å². The average Bonchev–Trinajstić information content (AvgIpc) is 2.72. The Morgan fingerprint density at radius 1 is 0.714 bits per heavy atom. The van der Waals surface area contributed by atoms with Gasteiger partial charge >= 0.3 is 246 Å². The Balaban J connectivity index is 2.91. The fourth-order valence-corrected chi connectivity index (χ4v) is 32.3. The van der Waals surface area contributed by atoms with Crippen LogP contribution in [-0.4, -0.2) is 54.3 Å². The molecule has 0 aliphatic carbocycles. The number of rotatable bonds is 5. The molecule has 0 saturated carbocycles. The SMILES string of the molecule is CC(C)(C)N1C(c2ccccc2)=[N+](C(C)(C)C)[Si-]1(F)(c1c(F)c(F)c(C(F)(F)F)c(F)c1F)N([Si](C)(C)C)[Si](C)(C)C. The first-order valence-corrected chi connectivity index (χ1v) is 22.8. The van der Waals surface area contributed by atoms with Gasteiger partial charge < -0.3 is 0 Å². The molecule has 14 heteroatoms. The molecule has 1 aliphatic rings. The van der Waals surface area contributed by atoms with Crippen LogP contribution in [0.4, 0.5) is 34.8 Å². The fourth-order valence-electron chi connectivity index (χ4n) is 7.19. The fraction of sp³-hybridized carbons (Fsp3) is 0.536. The molecule has 0 aromatic heterocycles. The Hall–Kier alpha value is -2.04. The molecule has 1 aliphatic heterocycles. The van der Waals surface area contributed by atoms with E-state index in [4.69, 9.17) is 0 Å². The van der Waals surface area contributed by atoms with Crippen molar-refractivity contribution < 1.29 is 39.1 Å². The first-order chi connectivity index (χ1) is 18.5. The summed E-state index contributed by atoms with van der Waals surface area (Å²) in [5.74, 6) is -9.83. The molecule has 2 aromatic rings. The molecular weight excluding hydrogens is 615 g/mol. The Bertz CT molecular complexity index is 1390. The summed E-state index contributed by atoms with van der Waals surface area (Å²) < 4.78 is 129. The Morgan fingerprint density at radius 3 is 1.43 bits per heavy atom. The van der Waals surface area contributed by atoms with E-state index in [2.05, 4.69) is 0 Å². The quantitative estimate of drug-likeness (QED) is 0.139. The summed E-state index contributed by atoms with van der Waals surface area (Å²) in [7, 11) is -13.0. The second-order valence-corrected chi connectivity index (χ2v) is 29.6. The standard InChI is InChI=1S/C28H41F8N3Si3/c1-26(2,3)37-25(18-16-14-13-15-17-18)38(27(4,5)6)42(37,36,39(40(7,8)9)41(10,11)12)24-22(31)20(29)19(28(33,34)35)21(30)23(24)32/h13-17H,1-12H3. The van der Waals surface area contributed by atoms with Crippen LogP contribution in [0.25, 0.3) is 0 Å². The number of halogens is 8. The summed E-state index contributed by atoms with van der Waals surface area (Å²) >= 11 is 0. The van der Waals surface area contributed by atoms with E-state index in [9.17, 15) is 13.2 Å². The number of amidine groups is 1. The summed E-state index contributed by atoms with van der Waals surface area (Å²) in [6.45, 7) is 20.3. The van der Waals surface area contributed by atoms with Gasteiger partial charge in [-0.2, -0.15) is 0 Å². The number of hydrogen-bond donors (Lipinski definition) is 0. The first-order valence-electron chi connectivity index (χ1n) is 13.7. The number of hydrogen-bond acceptors (Lipinski definition) is 2. The van der Waals surface area contributed by atoms with Crippen LogP contribution in [-0.2, 0) is 6.18 Å². The number of alkyl halides is 3. The third-order valence-corrected chi connectivity index (χ3v) is 25.9. The van der Waals surface area contributed by atoms with Crippen molar-refractivity contribution >= 4 is 35.7 Å². The van der Waals surface area contributed by atoms with Crippen LogP contribution in [0.2, 0.25) is 39.3 Å². The molecule has 0 fully saturated rings. The van der Waals surface area contributed by atoms with E-state index in [1.54, 1.807) is 111 Å². The second-order valence-electron chi connectivity index (χ2n) is 14.9. The van der Waals surface area contributed by atoms with Crippen LogP contribution in [0.3, 0.4) is 0 Å². The zero-order chi connectivity index (χ0) is 32.8. The van der Waals surface area contributed by atoms with Crippen LogP contribution in [0, 0.1) is 23.3 Å². The van der Waals surface area contributed by atoms with Gasteiger partial charge in [0.15, 0.2) is 0 Å². The minimum atomic E-state index is -6.78. The predicted molar refractivity (Wildman–Crippen MR) is 158 cm³/mol. The van der Waals surface area contributed by atoms with Crippen LogP contribution in [0.15, 0.2) is 30.3 Å². The normalized spacial score (nSPS) is 19.1. The van der Waals surface area contributed by atoms with Crippen LogP contribution in [0.1, 0.15) is 52.7 Å². The van der Waals surface area contributed by atoms with E-state index < -0.39 is 75.9 Å². The van der Waals surface area contributed by atoms with Gasteiger partial charge in [-0.05, 0) is 0 Å². The summed E-state index contributed by atoms with van der Waals surface area (Å²) in [6.07, 6.45) is -5.76. The molecule has 236 valence electrons. The Morgan fingerprint density at radius 2 is 1.12 bits per heavy atom. The van der Waals surface area contributed by atoms with Gasteiger partial charge in [0.05, 0.1) is 0 Å². The van der Waals surface area contributed by atoms with Crippen molar-refractivity contribution in [2.75, 3.05) is 0 Å². The van der Waals surface area contributed by atoms with Gasteiger partial charge in [-0.15, -0.1) is 0 Å². The zero-order valence-corrected chi connectivity index (χ0v) is 29.3. The van der Waals surface area contributed by atoms with Crippen molar-refractivity contribution in [2.24, 2.45) is 0 Å². The van der Waals surface area contributed by atoms with Crippen molar-refractivity contribution in [2.45, 2.75) is 98.1 Å². The van der Waals surface area contributed by atoms with E-state index in [0.29, 0.717) is 5.56 Å². The molecule has 2 aromatic carbocycles. The van der Waals surface area contributed by atoms with Gasteiger partial charge in [-0.3, -0.25) is 0 Å². The van der Waals surface area contributed by atoms with Gasteiger partial charge in [0.1, 0.15) is 0 Å². The summed E-state index contributed by atoms with van der Waals surface area (Å²) in [4.78, 5) is 0. The topological polar surface area (TPSA) is 9.49 Å².